The van der Waals surface area contributed by atoms with Gasteiger partial charge in [-0.3, -0.25) is 9.69 Å². The number of benzene rings is 1. The predicted molar refractivity (Wildman–Crippen MR) is 86.2 cm³/mol. The lowest BCUT2D eigenvalue weighted by Gasteiger charge is -2.26. The molecule has 4 heteroatoms. The fraction of sp³-hybridized carbons (Fsp3) is 0.588. The van der Waals surface area contributed by atoms with Gasteiger partial charge in [0.15, 0.2) is 0 Å². The molecule has 1 aliphatic heterocycles. The Hall–Kier alpha value is -1.39. The molecule has 1 unspecified atom stereocenters. The Balaban J connectivity index is 1.86. The van der Waals surface area contributed by atoms with E-state index in [-0.39, 0.29) is 5.91 Å². The van der Waals surface area contributed by atoms with E-state index in [0.29, 0.717) is 19.1 Å². The van der Waals surface area contributed by atoms with Gasteiger partial charge in [-0.2, -0.15) is 0 Å². The van der Waals surface area contributed by atoms with Crippen molar-refractivity contribution < 1.29 is 4.79 Å². The summed E-state index contributed by atoms with van der Waals surface area (Å²) in [6.45, 7) is 5.30. The molecule has 1 saturated heterocycles. The molecule has 0 spiro atoms. The number of likely N-dealkylation sites (N-methyl/N-ethyl adjacent to an activating group) is 2. The van der Waals surface area contributed by atoms with Crippen LogP contribution in [0.3, 0.4) is 0 Å². The maximum absolute atomic E-state index is 12.4. The zero-order valence-electron chi connectivity index (χ0n) is 13.4. The summed E-state index contributed by atoms with van der Waals surface area (Å²) in [6, 6.07) is 8.89. The number of nitrogens with zero attached hydrogens (tertiary/aromatic N) is 2. The summed E-state index contributed by atoms with van der Waals surface area (Å²) in [7, 11) is 3.87. The standard InChI is InChI=1S/C17H27N3O/c1-14-6-8-15(9-7-14)12-19(3)17(21)13-20-10-4-5-16(20)11-18-2/h6-9,16,18H,4-5,10-13H2,1-3H3. The SMILES string of the molecule is CNCC1CCCN1CC(=O)N(C)Cc1ccc(C)cc1. The number of rotatable bonds is 6. The van der Waals surface area contributed by atoms with E-state index < -0.39 is 0 Å². The molecule has 1 atom stereocenters. The highest BCUT2D eigenvalue weighted by Crippen LogP contribution is 2.16. The average Bonchev–Trinajstić information content (AvgIpc) is 2.89. The van der Waals surface area contributed by atoms with E-state index in [1.807, 2.05) is 19.0 Å². The maximum atomic E-state index is 12.4. The van der Waals surface area contributed by atoms with Gasteiger partial charge >= 0.3 is 0 Å². The molecule has 116 valence electrons. The van der Waals surface area contributed by atoms with Crippen molar-refractivity contribution in [2.75, 3.05) is 33.7 Å². The number of carbonyl (C=O) groups excluding carboxylic acids is 1. The highest BCUT2D eigenvalue weighted by molar-refractivity contribution is 5.78. The minimum absolute atomic E-state index is 0.207. The minimum Gasteiger partial charge on any atom is -0.340 e. The van der Waals surface area contributed by atoms with E-state index >= 15 is 0 Å². The van der Waals surface area contributed by atoms with Crippen molar-refractivity contribution in [2.45, 2.75) is 32.4 Å². The van der Waals surface area contributed by atoms with Crippen molar-refractivity contribution in [3.05, 3.63) is 35.4 Å². The van der Waals surface area contributed by atoms with Crippen LogP contribution in [-0.2, 0) is 11.3 Å². The summed E-state index contributed by atoms with van der Waals surface area (Å²) >= 11 is 0. The summed E-state index contributed by atoms with van der Waals surface area (Å²) in [5, 5.41) is 3.22. The quantitative estimate of drug-likeness (QED) is 0.865. The summed E-state index contributed by atoms with van der Waals surface area (Å²) in [4.78, 5) is 16.5. The molecule has 0 radical (unpaired) electrons. The molecule has 1 aliphatic rings. The maximum Gasteiger partial charge on any atom is 0.236 e. The van der Waals surface area contributed by atoms with Crippen molar-refractivity contribution in [1.29, 1.82) is 0 Å². The summed E-state index contributed by atoms with van der Waals surface area (Å²) in [5.74, 6) is 0.207. The van der Waals surface area contributed by atoms with Crippen LogP contribution in [0.25, 0.3) is 0 Å². The van der Waals surface area contributed by atoms with Gasteiger partial charge in [0.25, 0.3) is 0 Å². The van der Waals surface area contributed by atoms with Gasteiger partial charge in [0, 0.05) is 26.2 Å². The lowest BCUT2D eigenvalue weighted by atomic mass is 10.1. The molecule has 4 nitrogen and oxygen atoms in total. The number of aryl methyl sites for hydroxylation is 1. The van der Waals surface area contributed by atoms with E-state index in [2.05, 4.69) is 41.4 Å². The van der Waals surface area contributed by atoms with E-state index in [4.69, 9.17) is 0 Å². The van der Waals surface area contributed by atoms with Crippen molar-refractivity contribution >= 4 is 5.91 Å². The van der Waals surface area contributed by atoms with Crippen LogP contribution in [0.2, 0.25) is 0 Å². The van der Waals surface area contributed by atoms with Crippen LogP contribution in [0, 0.1) is 6.92 Å². The molecule has 1 aromatic carbocycles. The Kier molecular flexibility index (Phi) is 5.76. The second-order valence-electron chi connectivity index (χ2n) is 6.06. The molecule has 21 heavy (non-hydrogen) atoms. The summed E-state index contributed by atoms with van der Waals surface area (Å²) in [5.41, 5.74) is 2.43. The molecule has 0 saturated carbocycles. The zero-order chi connectivity index (χ0) is 15.2. The fourth-order valence-corrected chi connectivity index (χ4v) is 2.92. The minimum atomic E-state index is 0.207. The van der Waals surface area contributed by atoms with Gasteiger partial charge in [-0.1, -0.05) is 29.8 Å². The third-order valence-electron chi connectivity index (χ3n) is 4.24. The zero-order valence-corrected chi connectivity index (χ0v) is 13.4. The van der Waals surface area contributed by atoms with Gasteiger partial charge < -0.3 is 10.2 Å². The molecular formula is C17H27N3O. The first kappa shape index (κ1) is 16.0. The number of hydrogen-bond acceptors (Lipinski definition) is 3. The lowest BCUT2D eigenvalue weighted by Crippen LogP contribution is -2.43. The molecule has 1 fully saturated rings. The highest BCUT2D eigenvalue weighted by atomic mass is 16.2. The second-order valence-corrected chi connectivity index (χ2v) is 6.06. The van der Waals surface area contributed by atoms with Crippen LogP contribution in [-0.4, -0.2) is 55.5 Å². The van der Waals surface area contributed by atoms with Crippen molar-refractivity contribution in [3.8, 4) is 0 Å². The molecule has 1 N–H and O–H groups in total. The Morgan fingerprint density at radius 2 is 2.10 bits per heavy atom. The van der Waals surface area contributed by atoms with Gasteiger partial charge in [-0.25, -0.2) is 0 Å². The van der Waals surface area contributed by atoms with Gasteiger partial charge in [-0.15, -0.1) is 0 Å². The number of nitrogens with one attached hydrogen (secondary N) is 1. The normalized spacial score (nSPS) is 18.9. The summed E-state index contributed by atoms with van der Waals surface area (Å²) < 4.78 is 0. The molecule has 1 amide bonds. The largest absolute Gasteiger partial charge is 0.340 e. The van der Waals surface area contributed by atoms with Gasteiger partial charge in [0.2, 0.25) is 5.91 Å². The third-order valence-corrected chi connectivity index (χ3v) is 4.24. The smallest absolute Gasteiger partial charge is 0.236 e. The van der Waals surface area contributed by atoms with Gasteiger partial charge in [-0.05, 0) is 38.9 Å². The first-order chi connectivity index (χ1) is 10.1. The van der Waals surface area contributed by atoms with E-state index in [9.17, 15) is 4.79 Å². The number of hydrogen-bond donors (Lipinski definition) is 1. The Morgan fingerprint density at radius 3 is 2.76 bits per heavy atom. The Morgan fingerprint density at radius 1 is 1.38 bits per heavy atom. The van der Waals surface area contributed by atoms with E-state index in [0.717, 1.165) is 13.1 Å². The Bertz CT molecular complexity index is 458. The second kappa shape index (κ2) is 7.57. The highest BCUT2D eigenvalue weighted by Gasteiger charge is 2.26. The molecule has 2 rings (SSSR count). The van der Waals surface area contributed by atoms with Crippen LogP contribution in [0.15, 0.2) is 24.3 Å². The molecule has 1 heterocycles. The number of likely N-dealkylation sites (tertiary alicyclic amines) is 1. The number of carbonyl (C=O) groups is 1. The molecule has 0 aliphatic carbocycles. The first-order valence-corrected chi connectivity index (χ1v) is 7.78. The van der Waals surface area contributed by atoms with E-state index in [1.54, 1.807) is 0 Å². The predicted octanol–water partition coefficient (Wildman–Crippen LogP) is 1.64. The van der Waals surface area contributed by atoms with Crippen molar-refractivity contribution in [2.24, 2.45) is 0 Å². The third kappa shape index (κ3) is 4.55. The topological polar surface area (TPSA) is 35.6 Å². The van der Waals surface area contributed by atoms with Crippen molar-refractivity contribution in [1.82, 2.24) is 15.1 Å². The van der Waals surface area contributed by atoms with Crippen LogP contribution >= 0.6 is 0 Å². The lowest BCUT2D eigenvalue weighted by molar-refractivity contribution is -0.131. The van der Waals surface area contributed by atoms with Crippen LogP contribution in [0.4, 0.5) is 0 Å². The monoisotopic (exact) mass is 289 g/mol. The van der Waals surface area contributed by atoms with Crippen LogP contribution in [0.5, 0.6) is 0 Å². The van der Waals surface area contributed by atoms with Crippen LogP contribution < -0.4 is 5.32 Å². The van der Waals surface area contributed by atoms with Gasteiger partial charge in [0.1, 0.15) is 0 Å². The molecule has 0 bridgehead atoms. The van der Waals surface area contributed by atoms with Gasteiger partial charge in [0.05, 0.1) is 6.54 Å². The molecular weight excluding hydrogens is 262 g/mol. The molecule has 0 aromatic heterocycles. The number of amides is 1. The fourth-order valence-electron chi connectivity index (χ4n) is 2.92. The molecule has 1 aromatic rings. The average molecular weight is 289 g/mol. The van der Waals surface area contributed by atoms with Crippen LogP contribution in [0.1, 0.15) is 24.0 Å². The Labute approximate surface area is 128 Å². The van der Waals surface area contributed by atoms with E-state index in [1.165, 1.54) is 24.0 Å². The summed E-state index contributed by atoms with van der Waals surface area (Å²) in [6.07, 6.45) is 2.39. The van der Waals surface area contributed by atoms with Crippen molar-refractivity contribution in [3.63, 3.8) is 0 Å². The first-order valence-electron chi connectivity index (χ1n) is 7.78.